The van der Waals surface area contributed by atoms with Gasteiger partial charge in [0.1, 0.15) is 17.4 Å². The van der Waals surface area contributed by atoms with Gasteiger partial charge < -0.3 is 10.6 Å². The van der Waals surface area contributed by atoms with Gasteiger partial charge in [-0.3, -0.25) is 0 Å². The lowest BCUT2D eigenvalue weighted by Crippen LogP contribution is -2.38. The third-order valence-electron chi connectivity index (χ3n) is 3.55. The van der Waals surface area contributed by atoms with Crippen molar-refractivity contribution in [1.29, 1.82) is 5.26 Å². The van der Waals surface area contributed by atoms with Gasteiger partial charge in [-0.25, -0.2) is 4.39 Å². The zero-order valence-electron chi connectivity index (χ0n) is 10.5. The molecule has 3 nitrogen and oxygen atoms in total. The lowest BCUT2D eigenvalue weighted by Gasteiger charge is -2.29. The fourth-order valence-electron chi connectivity index (χ4n) is 2.43. The van der Waals surface area contributed by atoms with Crippen LogP contribution in [0.3, 0.4) is 0 Å². The fourth-order valence-corrected chi connectivity index (χ4v) is 2.43. The monoisotopic (exact) mass is 247 g/mol. The molecule has 0 amide bonds. The summed E-state index contributed by atoms with van der Waals surface area (Å²) in [5.74, 6) is 0.0602. The van der Waals surface area contributed by atoms with Gasteiger partial charge in [0, 0.05) is 6.04 Å². The number of nitrogens with zero attached hydrogens (tertiary/aromatic N) is 1. The van der Waals surface area contributed by atoms with Crippen LogP contribution in [0.25, 0.3) is 0 Å². The first-order valence-corrected chi connectivity index (χ1v) is 6.38. The van der Waals surface area contributed by atoms with Crippen molar-refractivity contribution in [2.45, 2.75) is 25.8 Å². The van der Waals surface area contributed by atoms with Crippen molar-refractivity contribution in [2.24, 2.45) is 5.92 Å². The molecule has 1 aliphatic heterocycles. The van der Waals surface area contributed by atoms with E-state index in [1.54, 1.807) is 12.1 Å². The molecule has 1 heterocycles. The molecule has 1 aromatic carbocycles. The zero-order valence-corrected chi connectivity index (χ0v) is 10.5. The largest absolute Gasteiger partial charge is 0.381 e. The van der Waals surface area contributed by atoms with Gasteiger partial charge in [0.2, 0.25) is 0 Å². The second kappa shape index (κ2) is 5.83. The van der Waals surface area contributed by atoms with E-state index in [-0.39, 0.29) is 11.6 Å². The van der Waals surface area contributed by atoms with Crippen LogP contribution in [-0.2, 0) is 0 Å². The Labute approximate surface area is 107 Å². The smallest absolute Gasteiger partial charge is 0.143 e. The minimum Gasteiger partial charge on any atom is -0.381 e. The van der Waals surface area contributed by atoms with Crippen molar-refractivity contribution in [3.8, 4) is 6.07 Å². The van der Waals surface area contributed by atoms with Crippen LogP contribution in [0.4, 0.5) is 10.1 Å². The molecule has 96 valence electrons. The van der Waals surface area contributed by atoms with Crippen LogP contribution in [0.5, 0.6) is 0 Å². The normalized spacial score (nSPS) is 21.1. The average Bonchev–Trinajstić information content (AvgIpc) is 2.40. The Morgan fingerprint density at radius 3 is 3.06 bits per heavy atom. The highest BCUT2D eigenvalue weighted by Crippen LogP contribution is 2.22. The molecule has 0 aliphatic carbocycles. The van der Waals surface area contributed by atoms with Crippen molar-refractivity contribution < 1.29 is 4.39 Å². The van der Waals surface area contributed by atoms with E-state index in [2.05, 4.69) is 17.6 Å². The first-order chi connectivity index (χ1) is 8.72. The number of hydrogen-bond donors (Lipinski definition) is 2. The van der Waals surface area contributed by atoms with E-state index in [4.69, 9.17) is 5.26 Å². The second-order valence-electron chi connectivity index (χ2n) is 4.81. The van der Waals surface area contributed by atoms with E-state index >= 15 is 0 Å². The summed E-state index contributed by atoms with van der Waals surface area (Å²) in [7, 11) is 0. The number of nitrogens with one attached hydrogen (secondary N) is 2. The van der Waals surface area contributed by atoms with Gasteiger partial charge in [0.25, 0.3) is 0 Å². The van der Waals surface area contributed by atoms with Crippen LogP contribution in [0, 0.1) is 23.1 Å². The maximum absolute atomic E-state index is 13.5. The maximum atomic E-state index is 13.5. The van der Waals surface area contributed by atoms with E-state index < -0.39 is 5.82 Å². The summed E-state index contributed by atoms with van der Waals surface area (Å²) in [5.41, 5.74) is 0.698. The molecule has 0 aromatic heterocycles. The van der Waals surface area contributed by atoms with Gasteiger partial charge >= 0.3 is 0 Å². The van der Waals surface area contributed by atoms with Crippen LogP contribution in [-0.4, -0.2) is 19.1 Å². The summed E-state index contributed by atoms with van der Waals surface area (Å²) in [6.07, 6.45) is 2.34. The Morgan fingerprint density at radius 2 is 2.39 bits per heavy atom. The number of rotatable bonds is 3. The summed E-state index contributed by atoms with van der Waals surface area (Å²) >= 11 is 0. The number of benzene rings is 1. The predicted molar refractivity (Wildman–Crippen MR) is 69.8 cm³/mol. The van der Waals surface area contributed by atoms with Gasteiger partial charge in [-0.1, -0.05) is 6.07 Å². The Morgan fingerprint density at radius 1 is 1.56 bits per heavy atom. The van der Waals surface area contributed by atoms with Crippen LogP contribution in [0.1, 0.15) is 25.3 Å². The van der Waals surface area contributed by atoms with Gasteiger partial charge in [0.05, 0.1) is 5.69 Å². The first kappa shape index (κ1) is 12.8. The van der Waals surface area contributed by atoms with E-state index in [1.807, 2.05) is 6.07 Å². The standard InChI is InChI=1S/C14H18FN3/c1-10(11-4-3-7-17-9-11)18-14-6-2-5-13(15)12(14)8-16/h2,5-6,10-11,17-18H,3-4,7,9H2,1H3. The molecule has 2 rings (SSSR count). The topological polar surface area (TPSA) is 47.9 Å². The van der Waals surface area contributed by atoms with Crippen molar-refractivity contribution >= 4 is 5.69 Å². The molecule has 2 N–H and O–H groups in total. The number of halogens is 1. The Kier molecular flexibility index (Phi) is 4.16. The summed E-state index contributed by atoms with van der Waals surface area (Å²) < 4.78 is 13.5. The third kappa shape index (κ3) is 2.80. The second-order valence-corrected chi connectivity index (χ2v) is 4.81. The van der Waals surface area contributed by atoms with Crippen LogP contribution in [0.2, 0.25) is 0 Å². The maximum Gasteiger partial charge on any atom is 0.143 e. The molecular weight excluding hydrogens is 229 g/mol. The first-order valence-electron chi connectivity index (χ1n) is 6.38. The highest BCUT2D eigenvalue weighted by molar-refractivity contribution is 5.58. The van der Waals surface area contributed by atoms with Crippen LogP contribution < -0.4 is 10.6 Å². The summed E-state index contributed by atoms with van der Waals surface area (Å²) in [4.78, 5) is 0. The lowest BCUT2D eigenvalue weighted by molar-refractivity contribution is 0.347. The lowest BCUT2D eigenvalue weighted by atomic mass is 9.92. The predicted octanol–water partition coefficient (Wildman–Crippen LogP) is 2.50. The minimum absolute atomic E-state index is 0.105. The Bertz CT molecular complexity index is 447. The van der Waals surface area contributed by atoms with E-state index in [0.29, 0.717) is 11.6 Å². The summed E-state index contributed by atoms with van der Waals surface area (Å²) in [5, 5.41) is 15.6. The minimum atomic E-state index is -0.462. The van der Waals surface area contributed by atoms with Crippen LogP contribution >= 0.6 is 0 Å². The fraction of sp³-hybridized carbons (Fsp3) is 0.500. The molecule has 0 saturated carbocycles. The van der Waals surface area contributed by atoms with Crippen molar-refractivity contribution in [2.75, 3.05) is 18.4 Å². The molecule has 1 saturated heterocycles. The molecule has 1 aromatic rings. The van der Waals surface area contributed by atoms with Crippen molar-refractivity contribution in [3.63, 3.8) is 0 Å². The molecule has 2 atom stereocenters. The van der Waals surface area contributed by atoms with Crippen LogP contribution in [0.15, 0.2) is 18.2 Å². The summed E-state index contributed by atoms with van der Waals surface area (Å²) in [6, 6.07) is 6.85. The molecule has 2 unspecified atom stereocenters. The van der Waals surface area contributed by atoms with E-state index in [1.165, 1.54) is 18.9 Å². The highest BCUT2D eigenvalue weighted by atomic mass is 19.1. The van der Waals surface area contributed by atoms with Crippen molar-refractivity contribution in [3.05, 3.63) is 29.6 Å². The molecule has 1 fully saturated rings. The molecule has 0 bridgehead atoms. The van der Waals surface area contributed by atoms with Gasteiger partial charge in [-0.05, 0) is 50.9 Å². The zero-order chi connectivity index (χ0) is 13.0. The molecule has 4 heteroatoms. The van der Waals surface area contributed by atoms with Gasteiger partial charge in [0.15, 0.2) is 0 Å². The quantitative estimate of drug-likeness (QED) is 0.862. The molecule has 0 radical (unpaired) electrons. The number of nitriles is 1. The van der Waals surface area contributed by atoms with E-state index in [9.17, 15) is 4.39 Å². The molecule has 18 heavy (non-hydrogen) atoms. The Balaban J connectivity index is 2.09. The SMILES string of the molecule is CC(Nc1cccc(F)c1C#N)C1CCCNC1. The highest BCUT2D eigenvalue weighted by Gasteiger charge is 2.20. The number of piperidine rings is 1. The average molecular weight is 247 g/mol. The van der Waals surface area contributed by atoms with Gasteiger partial charge in [-0.2, -0.15) is 5.26 Å². The summed E-state index contributed by atoms with van der Waals surface area (Å²) in [6.45, 7) is 4.14. The number of anilines is 1. The molecule has 1 aliphatic rings. The number of hydrogen-bond acceptors (Lipinski definition) is 3. The molecular formula is C14H18FN3. The Hall–Kier alpha value is -1.60. The molecule has 0 spiro atoms. The third-order valence-corrected chi connectivity index (χ3v) is 3.55. The van der Waals surface area contributed by atoms with Gasteiger partial charge in [-0.15, -0.1) is 0 Å². The van der Waals surface area contributed by atoms with E-state index in [0.717, 1.165) is 13.1 Å². The van der Waals surface area contributed by atoms with Crippen molar-refractivity contribution in [1.82, 2.24) is 5.32 Å².